The first-order chi connectivity index (χ1) is 13.1. The number of benzene rings is 1. The number of aryl methyl sites for hydroxylation is 3. The van der Waals surface area contributed by atoms with Gasteiger partial charge in [-0.25, -0.2) is 4.98 Å². The lowest BCUT2D eigenvalue weighted by Gasteiger charge is -2.14. The zero-order valence-electron chi connectivity index (χ0n) is 15.6. The van der Waals surface area contributed by atoms with E-state index in [2.05, 4.69) is 0 Å². The van der Waals surface area contributed by atoms with E-state index >= 15 is 0 Å². The van der Waals surface area contributed by atoms with Gasteiger partial charge in [0.05, 0.1) is 16.8 Å². The summed E-state index contributed by atoms with van der Waals surface area (Å²) in [6.07, 6.45) is 5.52. The Kier molecular flexibility index (Phi) is 5.19. The number of fused-ring (bicyclic) bond motifs is 3. The van der Waals surface area contributed by atoms with Crippen molar-refractivity contribution in [2.24, 2.45) is 0 Å². The molecule has 4 rings (SSSR count). The summed E-state index contributed by atoms with van der Waals surface area (Å²) >= 11 is 3.01. The third-order valence-corrected chi connectivity index (χ3v) is 7.24. The maximum Gasteiger partial charge on any atom is 0.267 e. The Bertz CT molecular complexity index is 1080. The second-order valence-electron chi connectivity index (χ2n) is 7.06. The van der Waals surface area contributed by atoms with Gasteiger partial charge in [0.1, 0.15) is 10.6 Å². The number of aromatic nitrogens is 2. The van der Waals surface area contributed by atoms with Crippen LogP contribution in [0, 0.1) is 6.92 Å². The summed E-state index contributed by atoms with van der Waals surface area (Å²) < 4.78 is 1.71. The maximum atomic E-state index is 13.6. The van der Waals surface area contributed by atoms with Crippen molar-refractivity contribution in [2.45, 2.75) is 51.1 Å². The maximum absolute atomic E-state index is 13.6. The number of carbonyl (C=O) groups excluding carboxylic acids is 1. The second kappa shape index (κ2) is 7.60. The quantitative estimate of drug-likeness (QED) is 0.363. The topological polar surface area (TPSA) is 52.0 Å². The van der Waals surface area contributed by atoms with Crippen molar-refractivity contribution in [3.05, 3.63) is 50.6 Å². The number of hydrogen-bond donors (Lipinski definition) is 0. The van der Waals surface area contributed by atoms with Crippen LogP contribution in [0.5, 0.6) is 0 Å². The Morgan fingerprint density at radius 2 is 2.00 bits per heavy atom. The first kappa shape index (κ1) is 18.4. The van der Waals surface area contributed by atoms with Gasteiger partial charge in [-0.1, -0.05) is 36.4 Å². The van der Waals surface area contributed by atoms with Crippen molar-refractivity contribution in [3.8, 4) is 5.69 Å². The van der Waals surface area contributed by atoms with Gasteiger partial charge in [-0.2, -0.15) is 0 Å². The summed E-state index contributed by atoms with van der Waals surface area (Å²) in [5.41, 5.74) is 3.07. The standard InChI is InChI=1S/C21H22N2O2S2/c1-13-8-6-7-10-16(13)23-20(25)18-15-9-4-3-5-11-17(15)27-19(18)22-21(23)26-12-14(2)24/h6-8,10H,3-5,9,11-12H2,1-2H3. The van der Waals surface area contributed by atoms with Crippen LogP contribution >= 0.6 is 23.1 Å². The van der Waals surface area contributed by atoms with Gasteiger partial charge in [-0.15, -0.1) is 11.3 Å². The van der Waals surface area contributed by atoms with Crippen molar-refractivity contribution >= 4 is 39.1 Å². The SMILES string of the molecule is CC(=O)CSc1nc2sc3c(c2c(=O)n1-c1ccccc1C)CCCCC3. The van der Waals surface area contributed by atoms with Crippen LogP contribution in [0.3, 0.4) is 0 Å². The van der Waals surface area contributed by atoms with Gasteiger partial charge in [0.25, 0.3) is 5.56 Å². The molecule has 4 nitrogen and oxygen atoms in total. The van der Waals surface area contributed by atoms with Gasteiger partial charge >= 0.3 is 0 Å². The van der Waals surface area contributed by atoms with E-state index in [1.165, 1.54) is 35.0 Å². The highest BCUT2D eigenvalue weighted by Gasteiger charge is 2.22. The highest BCUT2D eigenvalue weighted by atomic mass is 32.2. The van der Waals surface area contributed by atoms with Crippen molar-refractivity contribution in [3.63, 3.8) is 0 Å². The Balaban J connectivity index is 2.00. The molecule has 6 heteroatoms. The fourth-order valence-corrected chi connectivity index (χ4v) is 5.76. The molecule has 1 aliphatic carbocycles. The molecule has 0 N–H and O–H groups in total. The molecule has 0 amide bonds. The summed E-state index contributed by atoms with van der Waals surface area (Å²) in [4.78, 5) is 32.2. The summed E-state index contributed by atoms with van der Waals surface area (Å²) in [6.45, 7) is 3.56. The van der Waals surface area contributed by atoms with E-state index in [9.17, 15) is 9.59 Å². The van der Waals surface area contributed by atoms with Crippen LogP contribution in [0.2, 0.25) is 0 Å². The van der Waals surface area contributed by atoms with Gasteiger partial charge in [0, 0.05) is 4.88 Å². The number of ketones is 1. The van der Waals surface area contributed by atoms with Crippen LogP contribution in [0.25, 0.3) is 15.9 Å². The number of rotatable bonds is 4. The first-order valence-electron chi connectivity index (χ1n) is 9.32. The van der Waals surface area contributed by atoms with Crippen LogP contribution in [-0.4, -0.2) is 21.1 Å². The van der Waals surface area contributed by atoms with E-state index in [1.807, 2.05) is 31.2 Å². The van der Waals surface area contributed by atoms with E-state index < -0.39 is 0 Å². The molecule has 1 aromatic carbocycles. The lowest BCUT2D eigenvalue weighted by atomic mass is 10.1. The normalized spacial score (nSPS) is 14.1. The molecule has 2 aromatic heterocycles. The summed E-state index contributed by atoms with van der Waals surface area (Å²) in [7, 11) is 0. The predicted octanol–water partition coefficient (Wildman–Crippen LogP) is 4.71. The highest BCUT2D eigenvalue weighted by Crippen LogP contribution is 2.34. The number of Topliss-reactive ketones (excluding diaryl/α,β-unsaturated/α-hetero) is 1. The summed E-state index contributed by atoms with van der Waals surface area (Å²) in [5.74, 6) is 0.391. The van der Waals surface area contributed by atoms with E-state index in [4.69, 9.17) is 4.98 Å². The molecule has 0 unspecified atom stereocenters. The monoisotopic (exact) mass is 398 g/mol. The minimum Gasteiger partial charge on any atom is -0.299 e. The fraction of sp³-hybridized carbons (Fsp3) is 0.381. The molecule has 0 bridgehead atoms. The van der Waals surface area contributed by atoms with E-state index in [1.54, 1.807) is 22.8 Å². The average Bonchev–Trinajstić information content (AvgIpc) is 2.82. The largest absolute Gasteiger partial charge is 0.299 e. The van der Waals surface area contributed by atoms with Crippen molar-refractivity contribution in [2.75, 3.05) is 5.75 Å². The van der Waals surface area contributed by atoms with Crippen LogP contribution < -0.4 is 5.56 Å². The number of carbonyl (C=O) groups is 1. The Morgan fingerprint density at radius 1 is 1.22 bits per heavy atom. The molecule has 2 heterocycles. The van der Waals surface area contributed by atoms with Gasteiger partial charge in [0.2, 0.25) is 0 Å². The van der Waals surface area contributed by atoms with Crippen LogP contribution in [0.15, 0.2) is 34.2 Å². The summed E-state index contributed by atoms with van der Waals surface area (Å²) in [6, 6.07) is 7.86. The Hall–Kier alpha value is -1.92. The van der Waals surface area contributed by atoms with E-state index in [0.29, 0.717) is 10.9 Å². The van der Waals surface area contributed by atoms with Gasteiger partial charge in [-0.05, 0) is 56.7 Å². The third kappa shape index (κ3) is 3.48. The number of thiophene rings is 1. The molecule has 0 atom stereocenters. The number of thioether (sulfide) groups is 1. The average molecular weight is 399 g/mol. The lowest BCUT2D eigenvalue weighted by Crippen LogP contribution is -2.23. The smallest absolute Gasteiger partial charge is 0.267 e. The molecule has 1 aliphatic rings. The zero-order chi connectivity index (χ0) is 19.0. The molecule has 0 aliphatic heterocycles. The van der Waals surface area contributed by atoms with Crippen LogP contribution in [-0.2, 0) is 17.6 Å². The number of nitrogens with zero attached hydrogens (tertiary/aromatic N) is 2. The van der Waals surface area contributed by atoms with Crippen molar-refractivity contribution in [1.29, 1.82) is 0 Å². The van der Waals surface area contributed by atoms with Gasteiger partial charge in [0.15, 0.2) is 5.16 Å². The molecule has 140 valence electrons. The predicted molar refractivity (Wildman–Crippen MR) is 113 cm³/mol. The minimum atomic E-state index is -0.000230. The number of para-hydroxylation sites is 1. The molecule has 3 aromatic rings. The minimum absolute atomic E-state index is 0.000230. The third-order valence-electron chi connectivity index (χ3n) is 4.97. The van der Waals surface area contributed by atoms with Gasteiger partial charge < -0.3 is 0 Å². The van der Waals surface area contributed by atoms with Crippen LogP contribution in [0.1, 0.15) is 42.2 Å². The molecule has 27 heavy (non-hydrogen) atoms. The van der Waals surface area contributed by atoms with E-state index in [-0.39, 0.29) is 11.3 Å². The molecular weight excluding hydrogens is 376 g/mol. The second-order valence-corrected chi connectivity index (χ2v) is 9.08. The molecule has 0 saturated heterocycles. The Labute approximate surface area is 166 Å². The molecular formula is C21H22N2O2S2. The number of hydrogen-bond acceptors (Lipinski definition) is 5. The van der Waals surface area contributed by atoms with Crippen molar-refractivity contribution in [1.82, 2.24) is 9.55 Å². The molecule has 0 radical (unpaired) electrons. The van der Waals surface area contributed by atoms with Gasteiger partial charge in [-0.3, -0.25) is 14.2 Å². The first-order valence-corrected chi connectivity index (χ1v) is 11.1. The lowest BCUT2D eigenvalue weighted by molar-refractivity contribution is -0.114. The van der Waals surface area contributed by atoms with Crippen molar-refractivity contribution < 1.29 is 4.79 Å². The van der Waals surface area contributed by atoms with Crippen LogP contribution in [0.4, 0.5) is 0 Å². The Morgan fingerprint density at radius 3 is 2.78 bits per heavy atom. The highest BCUT2D eigenvalue weighted by molar-refractivity contribution is 7.99. The van der Waals surface area contributed by atoms with E-state index in [0.717, 1.165) is 40.7 Å². The molecule has 0 spiro atoms. The molecule has 0 fully saturated rings. The fourth-order valence-electron chi connectivity index (χ4n) is 3.65. The zero-order valence-corrected chi connectivity index (χ0v) is 17.2. The summed E-state index contributed by atoms with van der Waals surface area (Å²) in [5, 5.41) is 1.39. The molecule has 0 saturated carbocycles.